The maximum Gasteiger partial charge on any atom is 0.306 e. The van der Waals surface area contributed by atoms with Crippen molar-refractivity contribution >= 4 is 11.9 Å². The number of rotatable bonds is 6. The first-order valence-electron chi connectivity index (χ1n) is 6.72. The molecule has 0 fully saturated rings. The lowest BCUT2D eigenvalue weighted by molar-refractivity contribution is -0.145. The second kappa shape index (κ2) is 7.62. The van der Waals surface area contributed by atoms with Crippen molar-refractivity contribution in [3.05, 3.63) is 30.1 Å². The van der Waals surface area contributed by atoms with Crippen molar-refractivity contribution in [2.75, 3.05) is 6.54 Å². The van der Waals surface area contributed by atoms with Crippen molar-refractivity contribution in [1.29, 1.82) is 0 Å². The Morgan fingerprint density at radius 2 is 2.10 bits per heavy atom. The molecule has 1 rings (SSSR count). The molecule has 0 saturated heterocycles. The van der Waals surface area contributed by atoms with Gasteiger partial charge in [0.15, 0.2) is 0 Å². The second-order valence-corrected chi connectivity index (χ2v) is 5.63. The minimum absolute atomic E-state index is 0.0128. The first kappa shape index (κ1) is 16.1. The Kier molecular flexibility index (Phi) is 6.15. The summed E-state index contributed by atoms with van der Waals surface area (Å²) in [5, 5.41) is 2.80. The topological polar surface area (TPSA) is 68.3 Å². The highest BCUT2D eigenvalue weighted by Crippen LogP contribution is 2.12. The molecule has 1 N–H and O–H groups in total. The molecular formula is C15H22N2O3. The van der Waals surface area contributed by atoms with Gasteiger partial charge in [-0.2, -0.15) is 0 Å². The SMILES string of the molecule is CC(C)(C)C(=O)NCCCC(=O)OCc1cccnc1. The van der Waals surface area contributed by atoms with Gasteiger partial charge in [-0.3, -0.25) is 14.6 Å². The van der Waals surface area contributed by atoms with Crippen molar-refractivity contribution < 1.29 is 14.3 Å². The molecule has 1 amide bonds. The van der Waals surface area contributed by atoms with E-state index in [4.69, 9.17) is 4.74 Å². The van der Waals surface area contributed by atoms with Crippen molar-refractivity contribution in [2.24, 2.45) is 5.41 Å². The lowest BCUT2D eigenvalue weighted by Gasteiger charge is -2.17. The first-order valence-corrected chi connectivity index (χ1v) is 6.72. The molecule has 110 valence electrons. The van der Waals surface area contributed by atoms with Crippen LogP contribution in [0.15, 0.2) is 24.5 Å². The highest BCUT2D eigenvalue weighted by molar-refractivity contribution is 5.81. The van der Waals surface area contributed by atoms with Crippen molar-refractivity contribution in [3.63, 3.8) is 0 Å². The van der Waals surface area contributed by atoms with Gasteiger partial charge in [-0.05, 0) is 12.5 Å². The van der Waals surface area contributed by atoms with E-state index in [1.807, 2.05) is 26.8 Å². The summed E-state index contributed by atoms with van der Waals surface area (Å²) >= 11 is 0. The predicted molar refractivity (Wildman–Crippen MR) is 75.7 cm³/mol. The zero-order valence-corrected chi connectivity index (χ0v) is 12.3. The van der Waals surface area contributed by atoms with Crippen LogP contribution < -0.4 is 5.32 Å². The summed E-state index contributed by atoms with van der Waals surface area (Å²) in [7, 11) is 0. The molecule has 1 aromatic rings. The summed E-state index contributed by atoms with van der Waals surface area (Å²) < 4.78 is 5.11. The number of carbonyl (C=O) groups is 2. The highest BCUT2D eigenvalue weighted by atomic mass is 16.5. The number of esters is 1. The van der Waals surface area contributed by atoms with Gasteiger partial charge in [0.25, 0.3) is 0 Å². The minimum Gasteiger partial charge on any atom is -0.461 e. The molecule has 1 aromatic heterocycles. The molecule has 0 spiro atoms. The number of nitrogens with one attached hydrogen (secondary N) is 1. The zero-order chi connectivity index (χ0) is 15.0. The normalized spacial score (nSPS) is 10.9. The van der Waals surface area contributed by atoms with Crippen LogP contribution in [0.1, 0.15) is 39.2 Å². The maximum absolute atomic E-state index is 11.6. The summed E-state index contributed by atoms with van der Waals surface area (Å²) in [6.07, 6.45) is 4.21. The van der Waals surface area contributed by atoms with Crippen LogP contribution in [-0.2, 0) is 20.9 Å². The Hall–Kier alpha value is -1.91. The molecule has 20 heavy (non-hydrogen) atoms. The second-order valence-electron chi connectivity index (χ2n) is 5.63. The lowest BCUT2D eigenvalue weighted by Crippen LogP contribution is -2.35. The van der Waals surface area contributed by atoms with Crippen LogP contribution in [0.4, 0.5) is 0 Å². The third-order valence-electron chi connectivity index (χ3n) is 2.65. The summed E-state index contributed by atoms with van der Waals surface area (Å²) in [6.45, 7) is 6.28. The monoisotopic (exact) mass is 278 g/mol. The van der Waals surface area contributed by atoms with E-state index >= 15 is 0 Å². The Morgan fingerprint density at radius 1 is 1.35 bits per heavy atom. The van der Waals surface area contributed by atoms with Gasteiger partial charge in [0, 0.05) is 36.3 Å². The highest BCUT2D eigenvalue weighted by Gasteiger charge is 2.20. The average Bonchev–Trinajstić information content (AvgIpc) is 2.41. The smallest absolute Gasteiger partial charge is 0.306 e. The van der Waals surface area contributed by atoms with Crippen molar-refractivity contribution in [2.45, 2.75) is 40.2 Å². The minimum atomic E-state index is -0.402. The van der Waals surface area contributed by atoms with E-state index in [1.165, 1.54) is 0 Å². The van der Waals surface area contributed by atoms with E-state index in [9.17, 15) is 9.59 Å². The largest absolute Gasteiger partial charge is 0.461 e. The molecule has 5 nitrogen and oxygen atoms in total. The van der Waals surface area contributed by atoms with E-state index in [1.54, 1.807) is 18.5 Å². The molecule has 0 radical (unpaired) electrons. The molecule has 0 unspecified atom stereocenters. The van der Waals surface area contributed by atoms with E-state index in [0.29, 0.717) is 19.4 Å². The Bertz CT molecular complexity index is 438. The van der Waals surface area contributed by atoms with Gasteiger partial charge in [0.1, 0.15) is 6.61 Å². The first-order chi connectivity index (χ1) is 9.39. The Morgan fingerprint density at radius 3 is 2.70 bits per heavy atom. The third kappa shape index (κ3) is 6.31. The molecule has 0 atom stereocenters. The summed E-state index contributed by atoms with van der Waals surface area (Å²) in [5.74, 6) is -0.278. The van der Waals surface area contributed by atoms with Crippen LogP contribution in [0.5, 0.6) is 0 Å². The number of hydrogen-bond donors (Lipinski definition) is 1. The van der Waals surface area contributed by atoms with Crippen LogP contribution in [0.25, 0.3) is 0 Å². The van der Waals surface area contributed by atoms with Gasteiger partial charge >= 0.3 is 5.97 Å². The van der Waals surface area contributed by atoms with Crippen LogP contribution in [-0.4, -0.2) is 23.4 Å². The summed E-state index contributed by atoms with van der Waals surface area (Å²) in [6, 6.07) is 3.65. The summed E-state index contributed by atoms with van der Waals surface area (Å²) in [5.41, 5.74) is 0.461. The van der Waals surface area contributed by atoms with Gasteiger partial charge in [-0.1, -0.05) is 26.8 Å². The number of hydrogen-bond acceptors (Lipinski definition) is 4. The molecule has 0 bridgehead atoms. The fraction of sp³-hybridized carbons (Fsp3) is 0.533. The lowest BCUT2D eigenvalue weighted by atomic mass is 9.96. The Labute approximate surface area is 119 Å². The van der Waals surface area contributed by atoms with Gasteiger partial charge in [0.2, 0.25) is 5.91 Å². The average molecular weight is 278 g/mol. The molecule has 1 heterocycles. The van der Waals surface area contributed by atoms with Gasteiger partial charge in [0.05, 0.1) is 0 Å². The number of ether oxygens (including phenoxy) is 1. The fourth-order valence-electron chi connectivity index (χ4n) is 1.42. The molecular weight excluding hydrogens is 256 g/mol. The van der Waals surface area contributed by atoms with Crippen LogP contribution in [0.2, 0.25) is 0 Å². The van der Waals surface area contributed by atoms with Crippen LogP contribution in [0, 0.1) is 5.41 Å². The maximum atomic E-state index is 11.6. The molecule has 0 aliphatic heterocycles. The number of carbonyl (C=O) groups excluding carboxylic acids is 2. The molecule has 0 saturated carbocycles. The predicted octanol–water partition coefficient (Wildman–Crippen LogP) is 2.07. The molecule has 0 aromatic carbocycles. The number of amides is 1. The van der Waals surface area contributed by atoms with E-state index in [-0.39, 0.29) is 18.5 Å². The van der Waals surface area contributed by atoms with Crippen molar-refractivity contribution in [1.82, 2.24) is 10.3 Å². The fourth-order valence-corrected chi connectivity index (χ4v) is 1.42. The quantitative estimate of drug-likeness (QED) is 0.639. The number of nitrogens with zero attached hydrogens (tertiary/aromatic N) is 1. The van der Waals surface area contributed by atoms with Gasteiger partial charge in [-0.15, -0.1) is 0 Å². The van der Waals surface area contributed by atoms with Crippen LogP contribution in [0.3, 0.4) is 0 Å². The third-order valence-corrected chi connectivity index (χ3v) is 2.65. The zero-order valence-electron chi connectivity index (χ0n) is 12.3. The molecule has 0 aliphatic rings. The van der Waals surface area contributed by atoms with Crippen molar-refractivity contribution in [3.8, 4) is 0 Å². The number of pyridine rings is 1. The van der Waals surface area contributed by atoms with E-state index in [2.05, 4.69) is 10.3 Å². The molecule has 5 heteroatoms. The van der Waals surface area contributed by atoms with Gasteiger partial charge < -0.3 is 10.1 Å². The Balaban J connectivity index is 2.13. The number of aromatic nitrogens is 1. The van der Waals surface area contributed by atoms with Gasteiger partial charge in [-0.25, -0.2) is 0 Å². The standard InChI is InChI=1S/C15H22N2O3/c1-15(2,3)14(19)17-9-5-7-13(18)20-11-12-6-4-8-16-10-12/h4,6,8,10H,5,7,9,11H2,1-3H3,(H,17,19). The van der Waals surface area contributed by atoms with E-state index in [0.717, 1.165) is 5.56 Å². The molecule has 0 aliphatic carbocycles. The van der Waals surface area contributed by atoms with Crippen LogP contribution >= 0.6 is 0 Å². The summed E-state index contributed by atoms with van der Waals surface area (Å²) in [4.78, 5) is 27.0. The van der Waals surface area contributed by atoms with E-state index < -0.39 is 5.41 Å².